The van der Waals surface area contributed by atoms with Crippen molar-refractivity contribution in [1.82, 2.24) is 9.88 Å². The average Bonchev–Trinajstić information content (AvgIpc) is 2.96. The number of rotatable bonds is 5. The van der Waals surface area contributed by atoms with Gasteiger partial charge in [-0.1, -0.05) is 6.07 Å². The van der Waals surface area contributed by atoms with E-state index in [1.807, 2.05) is 17.0 Å². The molecule has 0 bridgehead atoms. The highest BCUT2D eigenvalue weighted by atomic mass is 16.5. The lowest BCUT2D eigenvalue weighted by Gasteiger charge is -2.40. The molecule has 1 amide bonds. The third-order valence-corrected chi connectivity index (χ3v) is 4.99. The van der Waals surface area contributed by atoms with Crippen LogP contribution in [0.2, 0.25) is 0 Å². The molecule has 2 atom stereocenters. The number of amides is 1. The van der Waals surface area contributed by atoms with E-state index >= 15 is 0 Å². The summed E-state index contributed by atoms with van der Waals surface area (Å²) < 4.78 is 11.3. The third-order valence-electron chi connectivity index (χ3n) is 4.99. The number of ether oxygens (including phenoxy) is 2. The molecule has 1 aromatic heterocycles. The Bertz CT molecular complexity index is 522. The number of pyridine rings is 1. The normalized spacial score (nSPS) is 27.5. The van der Waals surface area contributed by atoms with E-state index in [1.54, 1.807) is 19.5 Å². The van der Waals surface area contributed by atoms with Crippen LogP contribution in [0.3, 0.4) is 0 Å². The standard InChI is InChI=1S/C18H26N2O3/c1-22-9-5-16-11-18(23-13-16)6-3-8-20(14-18)17(21)10-15-4-2-7-19-12-15/h2,4,7,12,16H,3,5-6,8-11,13-14H2,1H3/t16-,18+/m0/s1. The zero-order valence-electron chi connectivity index (χ0n) is 13.9. The lowest BCUT2D eigenvalue weighted by molar-refractivity contribution is -0.138. The van der Waals surface area contributed by atoms with Crippen LogP contribution in [-0.2, 0) is 20.7 Å². The minimum absolute atomic E-state index is 0.124. The zero-order chi connectivity index (χ0) is 16.1. The van der Waals surface area contributed by atoms with E-state index in [9.17, 15) is 4.79 Å². The Morgan fingerprint density at radius 2 is 2.48 bits per heavy atom. The predicted octanol–water partition coefficient (Wildman–Crippen LogP) is 2.06. The fourth-order valence-corrected chi connectivity index (χ4v) is 3.79. The average molecular weight is 318 g/mol. The smallest absolute Gasteiger partial charge is 0.227 e. The molecule has 0 radical (unpaired) electrons. The number of aromatic nitrogens is 1. The molecule has 3 heterocycles. The number of hydrogen-bond donors (Lipinski definition) is 0. The van der Waals surface area contributed by atoms with Crippen molar-refractivity contribution < 1.29 is 14.3 Å². The van der Waals surface area contributed by atoms with Crippen LogP contribution in [0.1, 0.15) is 31.2 Å². The number of carbonyl (C=O) groups is 1. The molecule has 1 spiro atoms. The Balaban J connectivity index is 1.57. The molecule has 0 unspecified atom stereocenters. The summed E-state index contributed by atoms with van der Waals surface area (Å²) in [7, 11) is 1.74. The zero-order valence-corrected chi connectivity index (χ0v) is 13.9. The summed E-state index contributed by atoms with van der Waals surface area (Å²) in [5.41, 5.74) is 0.851. The van der Waals surface area contributed by atoms with E-state index in [1.165, 1.54) is 0 Å². The van der Waals surface area contributed by atoms with Crippen molar-refractivity contribution in [3.63, 3.8) is 0 Å². The number of hydrogen-bond acceptors (Lipinski definition) is 4. The molecule has 0 saturated carbocycles. The SMILES string of the molecule is COCC[C@@H]1CO[C@]2(CCCN(C(=O)Cc3cccnc3)C2)C1. The number of likely N-dealkylation sites (tertiary alicyclic amines) is 1. The first-order chi connectivity index (χ1) is 11.2. The van der Waals surface area contributed by atoms with Crippen LogP contribution >= 0.6 is 0 Å². The number of methoxy groups -OCH3 is 1. The largest absolute Gasteiger partial charge is 0.385 e. The highest BCUT2D eigenvalue weighted by Crippen LogP contribution is 2.38. The molecule has 0 aromatic carbocycles. The van der Waals surface area contributed by atoms with Crippen LogP contribution in [-0.4, -0.2) is 54.8 Å². The molecule has 2 aliphatic rings. The maximum atomic E-state index is 12.6. The topological polar surface area (TPSA) is 51.7 Å². The van der Waals surface area contributed by atoms with E-state index in [0.717, 1.165) is 57.6 Å². The first-order valence-electron chi connectivity index (χ1n) is 8.50. The second-order valence-corrected chi connectivity index (χ2v) is 6.80. The van der Waals surface area contributed by atoms with Gasteiger partial charge in [0.25, 0.3) is 0 Å². The van der Waals surface area contributed by atoms with Crippen molar-refractivity contribution in [2.45, 2.75) is 37.7 Å². The second-order valence-electron chi connectivity index (χ2n) is 6.80. The number of nitrogens with zero attached hydrogens (tertiary/aromatic N) is 2. The van der Waals surface area contributed by atoms with Gasteiger partial charge in [0.05, 0.1) is 18.6 Å². The summed E-state index contributed by atoms with van der Waals surface area (Å²) in [6.07, 6.45) is 8.11. The van der Waals surface area contributed by atoms with Gasteiger partial charge in [-0.05, 0) is 43.2 Å². The van der Waals surface area contributed by atoms with Crippen LogP contribution in [0.15, 0.2) is 24.5 Å². The maximum Gasteiger partial charge on any atom is 0.227 e. The quantitative estimate of drug-likeness (QED) is 0.834. The monoisotopic (exact) mass is 318 g/mol. The minimum atomic E-state index is -0.124. The van der Waals surface area contributed by atoms with Gasteiger partial charge in [0.15, 0.2) is 0 Å². The lowest BCUT2D eigenvalue weighted by atomic mass is 9.85. The van der Waals surface area contributed by atoms with Crippen LogP contribution in [0.25, 0.3) is 0 Å². The highest BCUT2D eigenvalue weighted by molar-refractivity contribution is 5.78. The molecular formula is C18H26N2O3. The van der Waals surface area contributed by atoms with E-state index in [-0.39, 0.29) is 11.5 Å². The van der Waals surface area contributed by atoms with E-state index < -0.39 is 0 Å². The van der Waals surface area contributed by atoms with Gasteiger partial charge in [0.1, 0.15) is 0 Å². The van der Waals surface area contributed by atoms with Gasteiger partial charge < -0.3 is 14.4 Å². The molecule has 5 heteroatoms. The fraction of sp³-hybridized carbons (Fsp3) is 0.667. The summed E-state index contributed by atoms with van der Waals surface area (Å²) in [4.78, 5) is 18.7. The summed E-state index contributed by atoms with van der Waals surface area (Å²) >= 11 is 0. The predicted molar refractivity (Wildman–Crippen MR) is 87.0 cm³/mol. The van der Waals surface area contributed by atoms with Gasteiger partial charge in [-0.3, -0.25) is 9.78 Å². The Kier molecular flexibility index (Phi) is 5.28. The molecule has 0 N–H and O–H groups in total. The van der Waals surface area contributed by atoms with Crippen molar-refractivity contribution in [3.8, 4) is 0 Å². The van der Waals surface area contributed by atoms with E-state index in [4.69, 9.17) is 9.47 Å². The van der Waals surface area contributed by atoms with Crippen molar-refractivity contribution in [2.75, 3.05) is 33.4 Å². The van der Waals surface area contributed by atoms with Crippen LogP contribution in [0.5, 0.6) is 0 Å². The first-order valence-corrected chi connectivity index (χ1v) is 8.50. The summed E-state index contributed by atoms with van der Waals surface area (Å²) in [5, 5.41) is 0. The molecule has 126 valence electrons. The van der Waals surface area contributed by atoms with Crippen LogP contribution < -0.4 is 0 Å². The maximum absolute atomic E-state index is 12.6. The molecule has 23 heavy (non-hydrogen) atoms. The summed E-state index contributed by atoms with van der Waals surface area (Å²) in [5.74, 6) is 0.740. The van der Waals surface area contributed by atoms with Gasteiger partial charge in [-0.15, -0.1) is 0 Å². The second kappa shape index (κ2) is 7.41. The summed E-state index contributed by atoms with van der Waals surface area (Å²) in [6, 6.07) is 3.83. The van der Waals surface area contributed by atoms with Gasteiger partial charge in [-0.2, -0.15) is 0 Å². The molecule has 2 saturated heterocycles. The molecule has 0 aliphatic carbocycles. The number of carbonyl (C=O) groups excluding carboxylic acids is 1. The van der Waals surface area contributed by atoms with Crippen molar-refractivity contribution in [3.05, 3.63) is 30.1 Å². The van der Waals surface area contributed by atoms with Crippen LogP contribution in [0, 0.1) is 5.92 Å². The molecule has 2 fully saturated rings. The molecule has 3 rings (SSSR count). The van der Waals surface area contributed by atoms with Crippen LogP contribution in [0.4, 0.5) is 0 Å². The highest BCUT2D eigenvalue weighted by Gasteiger charge is 2.44. The Morgan fingerprint density at radius 1 is 1.57 bits per heavy atom. The Labute approximate surface area is 138 Å². The van der Waals surface area contributed by atoms with Gasteiger partial charge >= 0.3 is 0 Å². The van der Waals surface area contributed by atoms with Crippen molar-refractivity contribution >= 4 is 5.91 Å². The minimum Gasteiger partial charge on any atom is -0.385 e. The lowest BCUT2D eigenvalue weighted by Crippen LogP contribution is -2.50. The fourth-order valence-electron chi connectivity index (χ4n) is 3.79. The van der Waals surface area contributed by atoms with Gasteiger partial charge in [0.2, 0.25) is 5.91 Å². The van der Waals surface area contributed by atoms with E-state index in [2.05, 4.69) is 4.98 Å². The van der Waals surface area contributed by atoms with Crippen molar-refractivity contribution in [2.24, 2.45) is 5.92 Å². The van der Waals surface area contributed by atoms with Gasteiger partial charge in [0, 0.05) is 39.2 Å². The Hall–Kier alpha value is -1.46. The molecule has 5 nitrogen and oxygen atoms in total. The molecule has 1 aromatic rings. The number of piperidine rings is 1. The van der Waals surface area contributed by atoms with Crippen molar-refractivity contribution in [1.29, 1.82) is 0 Å². The molecular weight excluding hydrogens is 292 g/mol. The Morgan fingerprint density at radius 3 is 3.26 bits per heavy atom. The van der Waals surface area contributed by atoms with Gasteiger partial charge in [-0.25, -0.2) is 0 Å². The third kappa shape index (κ3) is 4.09. The first kappa shape index (κ1) is 16.4. The van der Waals surface area contributed by atoms with E-state index in [0.29, 0.717) is 12.3 Å². The summed E-state index contributed by atoms with van der Waals surface area (Å²) in [6.45, 7) is 3.16. The molecule has 2 aliphatic heterocycles.